The van der Waals surface area contributed by atoms with Crippen LogP contribution < -0.4 is 16.0 Å². The van der Waals surface area contributed by atoms with Crippen molar-refractivity contribution in [2.75, 3.05) is 0 Å². The smallest absolute Gasteiger partial charge is 0.267 e. The third-order valence-electron chi connectivity index (χ3n) is 3.44. The van der Waals surface area contributed by atoms with Gasteiger partial charge >= 0.3 is 0 Å². The molecule has 1 aromatic carbocycles. The Bertz CT molecular complexity index is 746. The van der Waals surface area contributed by atoms with Gasteiger partial charge in [0, 0.05) is 24.9 Å². The van der Waals surface area contributed by atoms with Gasteiger partial charge in [-0.25, -0.2) is 0 Å². The minimum absolute atomic E-state index is 0.000242. The number of Topliss-reactive ketones (excluding diaryl/α,β-unsaturated/α-hetero) is 1. The molecule has 27 heavy (non-hydrogen) atoms. The molecule has 0 saturated heterocycles. The van der Waals surface area contributed by atoms with Gasteiger partial charge in [0.15, 0.2) is 5.78 Å². The van der Waals surface area contributed by atoms with Crippen molar-refractivity contribution in [2.24, 2.45) is 0 Å². The average Bonchev–Trinajstić information content (AvgIpc) is 2.63. The number of hydrogen-bond donors (Lipinski definition) is 4. The van der Waals surface area contributed by atoms with Crippen molar-refractivity contribution in [2.45, 2.75) is 32.4 Å². The molecule has 8 nitrogen and oxygen atoms in total. The van der Waals surface area contributed by atoms with Crippen LogP contribution in [0.25, 0.3) is 0 Å². The van der Waals surface area contributed by atoms with E-state index in [4.69, 9.17) is 17.0 Å². The van der Waals surface area contributed by atoms with E-state index in [1.807, 2.05) is 0 Å². The number of benzene rings is 1. The standard InChI is InChI=1S/C18H21ClN4O4/c1-11(22-12(2)24)17(26)23-16(8-7-15(25)9-20)18(27)21-10-13-3-5-14(19)6-4-13/h3-6,9,16,20H,1,7-8,10H2,2H3,(H,21,27)(H,22,24)(H,23,26)/t16-/m0/s1. The maximum absolute atomic E-state index is 12.4. The predicted molar refractivity (Wildman–Crippen MR) is 101 cm³/mol. The zero-order chi connectivity index (χ0) is 20.4. The van der Waals surface area contributed by atoms with Crippen LogP contribution in [-0.4, -0.2) is 35.8 Å². The SMILES string of the molecule is C=C(NC(C)=O)C(=O)N[C@@H](CCC(=O)C=N)C(=O)NCc1ccc(Cl)cc1. The summed E-state index contributed by atoms with van der Waals surface area (Å²) in [6.07, 6.45) is 0.565. The van der Waals surface area contributed by atoms with Gasteiger partial charge in [0.25, 0.3) is 5.91 Å². The molecule has 3 amide bonds. The molecule has 0 bridgehead atoms. The van der Waals surface area contributed by atoms with Gasteiger partial charge in [-0.2, -0.15) is 0 Å². The Kier molecular flexibility index (Phi) is 8.87. The number of hydrogen-bond acceptors (Lipinski definition) is 5. The van der Waals surface area contributed by atoms with E-state index in [1.54, 1.807) is 24.3 Å². The van der Waals surface area contributed by atoms with Crippen LogP contribution in [0, 0.1) is 5.41 Å². The summed E-state index contributed by atoms with van der Waals surface area (Å²) in [5, 5.41) is 14.8. The van der Waals surface area contributed by atoms with Gasteiger partial charge < -0.3 is 21.4 Å². The first-order chi connectivity index (χ1) is 12.7. The molecular weight excluding hydrogens is 372 g/mol. The largest absolute Gasteiger partial charge is 0.350 e. The van der Waals surface area contributed by atoms with Gasteiger partial charge in [0.1, 0.15) is 6.04 Å². The predicted octanol–water partition coefficient (Wildman–Crippen LogP) is 1.09. The lowest BCUT2D eigenvalue weighted by Gasteiger charge is -2.19. The topological polar surface area (TPSA) is 128 Å². The van der Waals surface area contributed by atoms with Crippen LogP contribution in [0.2, 0.25) is 5.02 Å². The zero-order valence-corrected chi connectivity index (χ0v) is 15.6. The minimum atomic E-state index is -1.03. The van der Waals surface area contributed by atoms with Gasteiger partial charge in [-0.1, -0.05) is 30.3 Å². The number of amides is 3. The number of nitrogens with one attached hydrogen (secondary N) is 4. The lowest BCUT2D eigenvalue weighted by Crippen LogP contribution is -2.48. The van der Waals surface area contributed by atoms with Crippen LogP contribution in [0.5, 0.6) is 0 Å². The van der Waals surface area contributed by atoms with Crippen molar-refractivity contribution < 1.29 is 19.2 Å². The second kappa shape index (κ2) is 10.9. The molecule has 0 aliphatic carbocycles. The third kappa shape index (κ3) is 8.28. The van der Waals surface area contributed by atoms with Crippen LogP contribution in [0.1, 0.15) is 25.3 Å². The molecule has 1 rings (SSSR count). The molecule has 0 spiro atoms. The van der Waals surface area contributed by atoms with Gasteiger partial charge in [-0.05, 0) is 24.1 Å². The first kappa shape index (κ1) is 22.0. The van der Waals surface area contributed by atoms with E-state index in [0.29, 0.717) is 11.2 Å². The molecular formula is C18H21ClN4O4. The highest BCUT2D eigenvalue weighted by Crippen LogP contribution is 2.09. The van der Waals surface area contributed by atoms with E-state index in [0.717, 1.165) is 5.56 Å². The molecule has 0 aliphatic rings. The summed E-state index contributed by atoms with van der Waals surface area (Å²) in [6.45, 7) is 4.85. The lowest BCUT2D eigenvalue weighted by atomic mass is 10.1. The molecule has 0 fully saturated rings. The maximum Gasteiger partial charge on any atom is 0.267 e. The van der Waals surface area contributed by atoms with Crippen LogP contribution >= 0.6 is 11.6 Å². The maximum atomic E-state index is 12.4. The summed E-state index contributed by atoms with van der Waals surface area (Å²) in [6, 6.07) is 5.82. The van der Waals surface area contributed by atoms with E-state index < -0.39 is 29.5 Å². The first-order valence-corrected chi connectivity index (χ1v) is 8.43. The first-order valence-electron chi connectivity index (χ1n) is 8.05. The normalized spacial score (nSPS) is 11.0. The molecule has 0 unspecified atom stereocenters. The van der Waals surface area contributed by atoms with Crippen LogP contribution in [0.4, 0.5) is 0 Å². The van der Waals surface area contributed by atoms with Crippen LogP contribution in [0.15, 0.2) is 36.5 Å². The quantitative estimate of drug-likeness (QED) is 0.351. The fourth-order valence-corrected chi connectivity index (χ4v) is 2.18. The number of halogens is 1. The molecule has 0 heterocycles. The van der Waals surface area contributed by atoms with Crippen molar-refractivity contribution >= 4 is 41.3 Å². The Morgan fingerprint density at radius 2 is 1.85 bits per heavy atom. The molecule has 144 valence electrons. The van der Waals surface area contributed by atoms with E-state index >= 15 is 0 Å². The van der Waals surface area contributed by atoms with Crippen molar-refractivity contribution in [3.05, 3.63) is 47.1 Å². The summed E-state index contributed by atoms with van der Waals surface area (Å²) in [5.74, 6) is -2.19. The molecule has 0 saturated carbocycles. The Hall–Kier alpha value is -3.00. The van der Waals surface area contributed by atoms with Gasteiger partial charge in [-0.3, -0.25) is 19.2 Å². The van der Waals surface area contributed by atoms with Crippen LogP contribution in [-0.2, 0) is 25.7 Å². The Morgan fingerprint density at radius 1 is 1.22 bits per heavy atom. The molecule has 0 radical (unpaired) electrons. The number of carbonyl (C=O) groups is 4. The summed E-state index contributed by atoms with van der Waals surface area (Å²) < 4.78 is 0. The lowest BCUT2D eigenvalue weighted by molar-refractivity contribution is -0.128. The van der Waals surface area contributed by atoms with Crippen molar-refractivity contribution in [1.82, 2.24) is 16.0 Å². The van der Waals surface area contributed by atoms with E-state index in [-0.39, 0.29) is 25.1 Å². The van der Waals surface area contributed by atoms with Gasteiger partial charge in [-0.15, -0.1) is 0 Å². The van der Waals surface area contributed by atoms with Crippen molar-refractivity contribution in [3.8, 4) is 0 Å². The molecule has 9 heteroatoms. The minimum Gasteiger partial charge on any atom is -0.350 e. The van der Waals surface area contributed by atoms with Crippen molar-refractivity contribution in [1.29, 1.82) is 5.41 Å². The van der Waals surface area contributed by atoms with Gasteiger partial charge in [0.2, 0.25) is 11.8 Å². The third-order valence-corrected chi connectivity index (χ3v) is 3.70. The fourth-order valence-electron chi connectivity index (χ4n) is 2.06. The Balaban J connectivity index is 2.74. The monoisotopic (exact) mass is 392 g/mol. The Morgan fingerprint density at radius 3 is 2.41 bits per heavy atom. The number of carbonyl (C=O) groups excluding carboxylic acids is 4. The summed E-state index contributed by atoms with van der Waals surface area (Å²) in [5.41, 5.74) is 0.590. The second-order valence-electron chi connectivity index (χ2n) is 5.68. The molecule has 0 aromatic heterocycles. The van der Waals surface area contributed by atoms with E-state index in [2.05, 4.69) is 22.5 Å². The second-order valence-corrected chi connectivity index (χ2v) is 6.12. The Labute approximate surface area is 161 Å². The molecule has 0 aliphatic heterocycles. The van der Waals surface area contributed by atoms with Gasteiger partial charge in [0.05, 0.1) is 11.9 Å². The highest BCUT2D eigenvalue weighted by Gasteiger charge is 2.22. The average molecular weight is 393 g/mol. The van der Waals surface area contributed by atoms with Crippen molar-refractivity contribution in [3.63, 3.8) is 0 Å². The fraction of sp³-hybridized carbons (Fsp3) is 0.278. The number of ketones is 1. The molecule has 1 atom stereocenters. The summed E-state index contributed by atoms with van der Waals surface area (Å²) in [7, 11) is 0. The van der Waals surface area contributed by atoms with E-state index in [1.165, 1.54) is 6.92 Å². The summed E-state index contributed by atoms with van der Waals surface area (Å²) in [4.78, 5) is 46.8. The highest BCUT2D eigenvalue weighted by atomic mass is 35.5. The molecule has 1 aromatic rings. The number of rotatable bonds is 10. The zero-order valence-electron chi connectivity index (χ0n) is 14.8. The van der Waals surface area contributed by atoms with E-state index in [9.17, 15) is 19.2 Å². The summed E-state index contributed by atoms with van der Waals surface area (Å²) >= 11 is 5.81. The van der Waals surface area contributed by atoms with Crippen LogP contribution in [0.3, 0.4) is 0 Å². The molecule has 4 N–H and O–H groups in total. The highest BCUT2D eigenvalue weighted by molar-refractivity contribution is 6.30.